The Morgan fingerprint density at radius 2 is 2.27 bits per heavy atom. The molecular formula is C7H5BrClNO. The van der Waals surface area contributed by atoms with Gasteiger partial charge in [-0.05, 0) is 35.0 Å². The van der Waals surface area contributed by atoms with E-state index in [4.69, 9.17) is 11.6 Å². The Kier molecular flexibility index (Phi) is 2.62. The molecule has 4 heteroatoms. The number of Topliss-reactive ketones (excluding diaryl/α,β-unsaturated/α-hetero) is 1. The van der Waals surface area contributed by atoms with Gasteiger partial charge in [0.25, 0.3) is 0 Å². The summed E-state index contributed by atoms with van der Waals surface area (Å²) < 4.78 is 0.579. The van der Waals surface area contributed by atoms with Crippen LogP contribution in [-0.4, -0.2) is 10.8 Å². The summed E-state index contributed by atoms with van der Waals surface area (Å²) in [5.74, 6) is -0.0185. The maximum absolute atomic E-state index is 10.8. The van der Waals surface area contributed by atoms with Crippen LogP contribution in [0, 0.1) is 0 Å². The highest BCUT2D eigenvalue weighted by Crippen LogP contribution is 2.15. The molecule has 0 aliphatic rings. The molecule has 0 aliphatic heterocycles. The summed E-state index contributed by atoms with van der Waals surface area (Å²) in [5, 5.41) is 0.324. The Morgan fingerprint density at radius 1 is 1.64 bits per heavy atom. The van der Waals surface area contributed by atoms with Crippen molar-refractivity contribution in [2.45, 2.75) is 6.92 Å². The molecule has 0 spiro atoms. The van der Waals surface area contributed by atoms with Crippen LogP contribution in [0.3, 0.4) is 0 Å². The zero-order chi connectivity index (χ0) is 8.43. The van der Waals surface area contributed by atoms with E-state index < -0.39 is 0 Å². The molecule has 0 N–H and O–H groups in total. The van der Waals surface area contributed by atoms with Crippen LogP contribution in [0.15, 0.2) is 16.7 Å². The lowest BCUT2D eigenvalue weighted by molar-refractivity contribution is 0.101. The van der Waals surface area contributed by atoms with E-state index in [1.807, 2.05) is 0 Å². The van der Waals surface area contributed by atoms with E-state index in [1.165, 1.54) is 13.0 Å². The van der Waals surface area contributed by atoms with Gasteiger partial charge < -0.3 is 0 Å². The molecule has 0 saturated carbocycles. The zero-order valence-corrected chi connectivity index (χ0v) is 8.11. The minimum atomic E-state index is -0.0185. The number of rotatable bonds is 1. The van der Waals surface area contributed by atoms with E-state index in [2.05, 4.69) is 20.9 Å². The molecule has 1 rings (SSSR count). The van der Waals surface area contributed by atoms with Gasteiger partial charge in [0.2, 0.25) is 0 Å². The van der Waals surface area contributed by atoms with Gasteiger partial charge in [0.15, 0.2) is 5.78 Å². The van der Waals surface area contributed by atoms with Crippen LogP contribution in [0.25, 0.3) is 0 Å². The molecule has 1 aromatic rings. The minimum absolute atomic E-state index is 0.0185. The summed E-state index contributed by atoms with van der Waals surface area (Å²) in [5.41, 5.74) is 0.567. The molecule has 0 aliphatic carbocycles. The molecule has 0 amide bonds. The summed E-state index contributed by atoms with van der Waals surface area (Å²) in [6.45, 7) is 1.48. The number of halogens is 2. The molecule has 0 saturated heterocycles. The number of hydrogen-bond acceptors (Lipinski definition) is 2. The number of carbonyl (C=O) groups is 1. The maximum atomic E-state index is 10.8. The number of ketones is 1. The molecule has 0 aromatic carbocycles. The second kappa shape index (κ2) is 3.32. The molecule has 0 bridgehead atoms. The molecule has 58 valence electrons. The standard InChI is InChI=1S/C7H5BrClNO/c1-4(11)5-2-6(8)10-7(9)3-5/h2-3H,1H3. The van der Waals surface area contributed by atoms with Crippen molar-refractivity contribution in [2.75, 3.05) is 0 Å². The van der Waals surface area contributed by atoms with Gasteiger partial charge in [0, 0.05) is 5.56 Å². The zero-order valence-electron chi connectivity index (χ0n) is 5.77. The van der Waals surface area contributed by atoms with Crippen LogP contribution >= 0.6 is 27.5 Å². The molecular weight excluding hydrogens is 229 g/mol. The quantitative estimate of drug-likeness (QED) is 0.552. The third-order valence-corrected chi connectivity index (χ3v) is 1.77. The normalized spacial score (nSPS) is 9.73. The predicted octanol–water partition coefficient (Wildman–Crippen LogP) is 2.70. The average Bonchev–Trinajstić information content (AvgIpc) is 1.85. The lowest BCUT2D eigenvalue weighted by Crippen LogP contribution is -1.92. The first kappa shape index (κ1) is 8.68. The van der Waals surface area contributed by atoms with Crippen molar-refractivity contribution in [1.82, 2.24) is 4.98 Å². The third-order valence-electron chi connectivity index (χ3n) is 1.17. The van der Waals surface area contributed by atoms with Crippen molar-refractivity contribution in [1.29, 1.82) is 0 Å². The Bertz CT molecular complexity index is 280. The van der Waals surface area contributed by atoms with Crippen molar-refractivity contribution in [3.8, 4) is 0 Å². The number of carbonyl (C=O) groups excluding carboxylic acids is 1. The number of hydrogen-bond donors (Lipinski definition) is 0. The summed E-state index contributed by atoms with van der Waals surface area (Å²) in [6.07, 6.45) is 0. The Morgan fingerprint density at radius 3 is 2.73 bits per heavy atom. The van der Waals surface area contributed by atoms with Crippen molar-refractivity contribution in [2.24, 2.45) is 0 Å². The fraction of sp³-hybridized carbons (Fsp3) is 0.143. The van der Waals surface area contributed by atoms with Crippen molar-refractivity contribution >= 4 is 33.3 Å². The first-order chi connectivity index (χ1) is 5.09. The fourth-order valence-corrected chi connectivity index (χ4v) is 1.42. The third kappa shape index (κ3) is 2.27. The summed E-state index contributed by atoms with van der Waals surface area (Å²) >= 11 is 8.73. The summed E-state index contributed by atoms with van der Waals surface area (Å²) in [4.78, 5) is 14.7. The van der Waals surface area contributed by atoms with Crippen molar-refractivity contribution in [3.05, 3.63) is 27.5 Å². The number of aromatic nitrogens is 1. The highest BCUT2D eigenvalue weighted by atomic mass is 79.9. The highest BCUT2D eigenvalue weighted by Gasteiger charge is 2.02. The first-order valence-corrected chi connectivity index (χ1v) is 4.10. The topological polar surface area (TPSA) is 30.0 Å². The van der Waals surface area contributed by atoms with Gasteiger partial charge in [-0.2, -0.15) is 0 Å². The molecule has 0 fully saturated rings. The molecule has 1 heterocycles. The van der Waals surface area contributed by atoms with Gasteiger partial charge in [0.1, 0.15) is 9.76 Å². The second-order valence-electron chi connectivity index (χ2n) is 2.06. The molecule has 1 aromatic heterocycles. The van der Waals surface area contributed by atoms with Gasteiger partial charge in [-0.3, -0.25) is 4.79 Å². The van der Waals surface area contributed by atoms with E-state index in [0.29, 0.717) is 15.3 Å². The van der Waals surface area contributed by atoms with Crippen LogP contribution in [0.1, 0.15) is 17.3 Å². The van der Waals surface area contributed by atoms with Gasteiger partial charge in [-0.25, -0.2) is 4.98 Å². The molecule has 11 heavy (non-hydrogen) atoms. The van der Waals surface area contributed by atoms with Gasteiger partial charge in [0.05, 0.1) is 0 Å². The second-order valence-corrected chi connectivity index (χ2v) is 3.26. The smallest absolute Gasteiger partial charge is 0.160 e. The first-order valence-electron chi connectivity index (χ1n) is 2.93. The summed E-state index contributed by atoms with van der Waals surface area (Å²) in [6, 6.07) is 3.17. The largest absolute Gasteiger partial charge is 0.295 e. The van der Waals surface area contributed by atoms with Crippen LogP contribution in [0.4, 0.5) is 0 Å². The van der Waals surface area contributed by atoms with Crippen LogP contribution in [0.2, 0.25) is 5.15 Å². The van der Waals surface area contributed by atoms with Gasteiger partial charge in [-0.15, -0.1) is 0 Å². The molecule has 0 radical (unpaired) electrons. The Hall–Kier alpha value is -0.410. The maximum Gasteiger partial charge on any atom is 0.160 e. The SMILES string of the molecule is CC(=O)c1cc(Cl)nc(Br)c1. The number of pyridine rings is 1. The fourth-order valence-electron chi connectivity index (χ4n) is 0.668. The number of nitrogens with zero attached hydrogens (tertiary/aromatic N) is 1. The van der Waals surface area contributed by atoms with Gasteiger partial charge in [-0.1, -0.05) is 11.6 Å². The van der Waals surface area contributed by atoms with Crippen molar-refractivity contribution in [3.63, 3.8) is 0 Å². The monoisotopic (exact) mass is 233 g/mol. The van der Waals surface area contributed by atoms with E-state index >= 15 is 0 Å². The summed E-state index contributed by atoms with van der Waals surface area (Å²) in [7, 11) is 0. The van der Waals surface area contributed by atoms with Crippen LogP contribution in [-0.2, 0) is 0 Å². The van der Waals surface area contributed by atoms with Crippen molar-refractivity contribution < 1.29 is 4.79 Å². The Labute approximate surface area is 77.7 Å². The average molecular weight is 234 g/mol. The molecule has 2 nitrogen and oxygen atoms in total. The highest BCUT2D eigenvalue weighted by molar-refractivity contribution is 9.10. The van der Waals surface area contributed by atoms with E-state index in [9.17, 15) is 4.79 Å². The van der Waals surface area contributed by atoms with Gasteiger partial charge >= 0.3 is 0 Å². The lowest BCUT2D eigenvalue weighted by atomic mass is 10.2. The van der Waals surface area contributed by atoms with E-state index in [1.54, 1.807) is 6.07 Å². The van der Waals surface area contributed by atoms with Crippen LogP contribution < -0.4 is 0 Å². The lowest BCUT2D eigenvalue weighted by Gasteiger charge is -1.96. The minimum Gasteiger partial charge on any atom is -0.295 e. The van der Waals surface area contributed by atoms with E-state index in [0.717, 1.165) is 0 Å². The van der Waals surface area contributed by atoms with Crippen LogP contribution in [0.5, 0.6) is 0 Å². The molecule has 0 atom stereocenters. The molecule has 0 unspecified atom stereocenters. The predicted molar refractivity (Wildman–Crippen MR) is 47.0 cm³/mol. The van der Waals surface area contributed by atoms with E-state index in [-0.39, 0.29) is 5.78 Å². The Balaban J connectivity index is 3.19.